The average molecular weight is 267 g/mol. The number of amides is 1. The van der Waals surface area contributed by atoms with Gasteiger partial charge in [-0.15, -0.1) is 0 Å². The van der Waals surface area contributed by atoms with Crippen LogP contribution in [-0.2, 0) is 0 Å². The minimum atomic E-state index is -1.60. The van der Waals surface area contributed by atoms with Crippen LogP contribution < -0.4 is 11.1 Å². The number of nitrogens with zero attached hydrogens (tertiary/aromatic N) is 1. The van der Waals surface area contributed by atoms with Gasteiger partial charge in [0.1, 0.15) is 0 Å². The third kappa shape index (κ3) is 2.65. The summed E-state index contributed by atoms with van der Waals surface area (Å²) in [4.78, 5) is 15.5. The van der Waals surface area contributed by atoms with E-state index >= 15 is 0 Å². The molecule has 0 saturated heterocycles. The normalized spacial score (nSPS) is 10.3. The van der Waals surface area contributed by atoms with Crippen molar-refractivity contribution >= 4 is 17.3 Å². The first-order valence-corrected chi connectivity index (χ1v) is 5.14. The smallest absolute Gasteiger partial charge is 0.257 e. The van der Waals surface area contributed by atoms with E-state index < -0.39 is 23.4 Å². The van der Waals surface area contributed by atoms with Crippen LogP contribution in [-0.4, -0.2) is 10.9 Å². The predicted molar refractivity (Wildman–Crippen MR) is 62.9 cm³/mol. The fourth-order valence-corrected chi connectivity index (χ4v) is 1.44. The van der Waals surface area contributed by atoms with Gasteiger partial charge in [-0.25, -0.2) is 13.2 Å². The number of carbonyl (C=O) groups is 1. The highest BCUT2D eigenvalue weighted by Gasteiger charge is 2.14. The molecule has 7 heteroatoms. The maximum atomic E-state index is 13.0. The number of rotatable bonds is 2. The van der Waals surface area contributed by atoms with Crippen LogP contribution in [0.2, 0.25) is 0 Å². The van der Waals surface area contributed by atoms with Crippen molar-refractivity contribution in [2.24, 2.45) is 0 Å². The van der Waals surface area contributed by atoms with E-state index in [-0.39, 0.29) is 16.9 Å². The molecule has 0 fully saturated rings. The monoisotopic (exact) mass is 267 g/mol. The molecule has 3 N–H and O–H groups in total. The lowest BCUT2D eigenvalue weighted by Gasteiger charge is -2.07. The Kier molecular flexibility index (Phi) is 3.37. The van der Waals surface area contributed by atoms with Crippen molar-refractivity contribution in [1.29, 1.82) is 0 Å². The van der Waals surface area contributed by atoms with Crippen molar-refractivity contribution in [3.63, 3.8) is 0 Å². The SMILES string of the molecule is Nc1cnccc1C(=O)Nc1cc(F)c(F)c(F)c1. The van der Waals surface area contributed by atoms with E-state index in [9.17, 15) is 18.0 Å². The van der Waals surface area contributed by atoms with Crippen LogP contribution in [0, 0.1) is 17.5 Å². The molecule has 19 heavy (non-hydrogen) atoms. The lowest BCUT2D eigenvalue weighted by molar-refractivity contribution is 0.102. The van der Waals surface area contributed by atoms with Crippen LogP contribution in [0.1, 0.15) is 10.4 Å². The summed E-state index contributed by atoms with van der Waals surface area (Å²) in [6, 6.07) is 2.70. The largest absolute Gasteiger partial charge is 0.397 e. The quantitative estimate of drug-likeness (QED) is 0.820. The number of carbonyl (C=O) groups excluding carboxylic acids is 1. The summed E-state index contributed by atoms with van der Waals surface area (Å²) in [6.45, 7) is 0. The predicted octanol–water partition coefficient (Wildman–Crippen LogP) is 2.33. The molecule has 1 aromatic carbocycles. The Morgan fingerprint density at radius 2 is 1.84 bits per heavy atom. The third-order valence-corrected chi connectivity index (χ3v) is 2.34. The van der Waals surface area contributed by atoms with Gasteiger partial charge in [0.05, 0.1) is 17.4 Å². The van der Waals surface area contributed by atoms with Crippen LogP contribution in [0.4, 0.5) is 24.5 Å². The van der Waals surface area contributed by atoms with Crippen molar-refractivity contribution in [2.75, 3.05) is 11.1 Å². The summed E-state index contributed by atoms with van der Waals surface area (Å²) >= 11 is 0. The molecule has 0 unspecified atom stereocenters. The molecule has 0 atom stereocenters. The van der Waals surface area contributed by atoms with Crippen molar-refractivity contribution in [3.8, 4) is 0 Å². The molecule has 98 valence electrons. The zero-order valence-corrected chi connectivity index (χ0v) is 9.45. The topological polar surface area (TPSA) is 68.0 Å². The number of anilines is 2. The molecular weight excluding hydrogens is 259 g/mol. The zero-order chi connectivity index (χ0) is 14.0. The second-order valence-electron chi connectivity index (χ2n) is 3.67. The molecule has 1 heterocycles. The highest BCUT2D eigenvalue weighted by molar-refractivity contribution is 6.07. The molecule has 0 saturated carbocycles. The van der Waals surface area contributed by atoms with E-state index in [0.717, 1.165) is 0 Å². The molecule has 0 radical (unpaired) electrons. The summed E-state index contributed by atoms with van der Waals surface area (Å²) in [5.41, 5.74) is 5.53. The molecule has 1 aromatic heterocycles. The van der Waals surface area contributed by atoms with Gasteiger partial charge in [0.2, 0.25) is 0 Å². The van der Waals surface area contributed by atoms with E-state index in [4.69, 9.17) is 5.73 Å². The van der Waals surface area contributed by atoms with Crippen LogP contribution in [0.15, 0.2) is 30.6 Å². The lowest BCUT2D eigenvalue weighted by atomic mass is 10.2. The minimum Gasteiger partial charge on any atom is -0.397 e. The molecule has 0 aliphatic carbocycles. The summed E-state index contributed by atoms with van der Waals surface area (Å²) < 4.78 is 38.7. The molecule has 4 nitrogen and oxygen atoms in total. The van der Waals surface area contributed by atoms with Crippen molar-refractivity contribution in [2.45, 2.75) is 0 Å². The van der Waals surface area contributed by atoms with Gasteiger partial charge in [-0.1, -0.05) is 0 Å². The molecular formula is C12H8F3N3O. The number of hydrogen-bond acceptors (Lipinski definition) is 3. The van der Waals surface area contributed by atoms with Crippen LogP contribution >= 0.6 is 0 Å². The molecule has 2 rings (SSSR count). The van der Waals surface area contributed by atoms with E-state index in [0.29, 0.717) is 12.1 Å². The first-order chi connectivity index (χ1) is 8.99. The number of halogens is 3. The highest BCUT2D eigenvalue weighted by Crippen LogP contribution is 2.19. The van der Waals surface area contributed by atoms with Gasteiger partial charge in [0.15, 0.2) is 17.5 Å². The first-order valence-electron chi connectivity index (χ1n) is 5.14. The number of nitrogens with two attached hydrogens (primary N) is 1. The maximum absolute atomic E-state index is 13.0. The number of aromatic nitrogens is 1. The second-order valence-corrected chi connectivity index (χ2v) is 3.67. The molecule has 0 bridgehead atoms. The molecule has 1 amide bonds. The fraction of sp³-hybridized carbons (Fsp3) is 0. The van der Waals surface area contributed by atoms with Crippen LogP contribution in [0.3, 0.4) is 0 Å². The zero-order valence-electron chi connectivity index (χ0n) is 9.45. The second kappa shape index (κ2) is 4.97. The van der Waals surface area contributed by atoms with Crippen molar-refractivity contribution < 1.29 is 18.0 Å². The average Bonchev–Trinajstić information content (AvgIpc) is 2.36. The summed E-state index contributed by atoms with van der Waals surface area (Å²) in [5.74, 6) is -5.05. The highest BCUT2D eigenvalue weighted by atomic mass is 19.2. The van der Waals surface area contributed by atoms with Gasteiger partial charge in [0, 0.05) is 24.0 Å². The van der Waals surface area contributed by atoms with E-state index in [1.807, 2.05) is 0 Å². The van der Waals surface area contributed by atoms with E-state index in [1.165, 1.54) is 18.5 Å². The van der Waals surface area contributed by atoms with Gasteiger partial charge in [-0.3, -0.25) is 9.78 Å². The summed E-state index contributed by atoms with van der Waals surface area (Å²) in [6.07, 6.45) is 2.61. The first kappa shape index (κ1) is 12.9. The molecule has 0 aliphatic rings. The Balaban J connectivity index is 2.27. The van der Waals surface area contributed by atoms with Crippen LogP contribution in [0.25, 0.3) is 0 Å². The Bertz CT molecular complexity index is 623. The van der Waals surface area contributed by atoms with Crippen molar-refractivity contribution in [3.05, 3.63) is 53.6 Å². The molecule has 2 aromatic rings. The van der Waals surface area contributed by atoms with Gasteiger partial charge in [-0.05, 0) is 6.07 Å². The Morgan fingerprint density at radius 1 is 1.21 bits per heavy atom. The number of pyridine rings is 1. The number of nitrogens with one attached hydrogen (secondary N) is 1. The van der Waals surface area contributed by atoms with Crippen LogP contribution in [0.5, 0.6) is 0 Å². The van der Waals surface area contributed by atoms with Gasteiger partial charge < -0.3 is 11.1 Å². The lowest BCUT2D eigenvalue weighted by Crippen LogP contribution is -2.14. The molecule has 0 aliphatic heterocycles. The number of benzene rings is 1. The van der Waals surface area contributed by atoms with Crippen molar-refractivity contribution in [1.82, 2.24) is 4.98 Å². The Morgan fingerprint density at radius 3 is 2.42 bits per heavy atom. The maximum Gasteiger partial charge on any atom is 0.257 e. The minimum absolute atomic E-state index is 0.0974. The fourth-order valence-electron chi connectivity index (χ4n) is 1.44. The Hall–Kier alpha value is -2.57. The summed E-state index contributed by atoms with van der Waals surface area (Å²) in [5, 5.41) is 2.21. The van der Waals surface area contributed by atoms with E-state index in [1.54, 1.807) is 0 Å². The number of nitrogen functional groups attached to an aromatic ring is 1. The van der Waals surface area contributed by atoms with Gasteiger partial charge >= 0.3 is 0 Å². The standard InChI is InChI=1S/C12H8F3N3O/c13-8-3-6(4-9(14)11(8)15)18-12(19)7-1-2-17-5-10(7)16/h1-5H,16H2,(H,18,19). The third-order valence-electron chi connectivity index (χ3n) is 2.34. The molecule has 0 spiro atoms. The number of hydrogen-bond donors (Lipinski definition) is 2. The Labute approximate surface area is 106 Å². The van der Waals surface area contributed by atoms with Gasteiger partial charge in [-0.2, -0.15) is 0 Å². The van der Waals surface area contributed by atoms with Gasteiger partial charge in [0.25, 0.3) is 5.91 Å². The van der Waals surface area contributed by atoms with E-state index in [2.05, 4.69) is 10.3 Å². The summed E-state index contributed by atoms with van der Waals surface area (Å²) in [7, 11) is 0.